The van der Waals surface area contributed by atoms with E-state index < -0.39 is 17.8 Å². The summed E-state index contributed by atoms with van der Waals surface area (Å²) in [4.78, 5) is 26.5. The minimum absolute atomic E-state index is 0.0146. The summed E-state index contributed by atoms with van der Waals surface area (Å²) in [6.07, 6.45) is -0.0146. The van der Waals surface area contributed by atoms with Gasteiger partial charge in [0.25, 0.3) is 5.91 Å². The van der Waals surface area contributed by atoms with Gasteiger partial charge < -0.3 is 14.8 Å². The first kappa shape index (κ1) is 22.2. The molecule has 0 saturated carbocycles. The van der Waals surface area contributed by atoms with Gasteiger partial charge in [-0.05, 0) is 37.3 Å². The van der Waals surface area contributed by atoms with Crippen LogP contribution in [0.15, 0.2) is 42.5 Å². The summed E-state index contributed by atoms with van der Waals surface area (Å²) < 4.78 is 25.0. The third-order valence-corrected chi connectivity index (χ3v) is 5.38. The molecule has 8 heteroatoms. The number of rotatable bonds is 6. The number of benzene rings is 2. The lowest BCUT2D eigenvalue weighted by Gasteiger charge is -2.38. The van der Waals surface area contributed by atoms with Crippen LogP contribution in [0.1, 0.15) is 39.2 Å². The number of methoxy groups -OCH3 is 1. The molecule has 1 fully saturated rings. The van der Waals surface area contributed by atoms with E-state index in [4.69, 9.17) is 21.1 Å². The molecule has 2 atom stereocenters. The number of ether oxygens (including phenoxy) is 2. The predicted octanol–water partition coefficient (Wildman–Crippen LogP) is 3.46. The molecule has 3 rings (SSSR count). The molecular weight excluding hydrogens is 411 g/mol. The van der Waals surface area contributed by atoms with E-state index in [0.717, 1.165) is 0 Å². The van der Waals surface area contributed by atoms with Crippen LogP contribution in [-0.2, 0) is 9.47 Å². The van der Waals surface area contributed by atoms with Crippen molar-refractivity contribution in [3.63, 3.8) is 0 Å². The monoisotopic (exact) mass is 434 g/mol. The number of esters is 1. The van der Waals surface area contributed by atoms with Crippen LogP contribution in [0.3, 0.4) is 0 Å². The largest absolute Gasteiger partial charge is 0.465 e. The van der Waals surface area contributed by atoms with E-state index >= 15 is 0 Å². The molecule has 0 spiro atoms. The number of carbonyl (C=O) groups excluding carboxylic acids is 2. The average Bonchev–Trinajstić information content (AvgIpc) is 2.75. The van der Waals surface area contributed by atoms with Crippen molar-refractivity contribution in [1.82, 2.24) is 10.2 Å². The Balaban J connectivity index is 1.82. The van der Waals surface area contributed by atoms with Gasteiger partial charge in [-0.1, -0.05) is 23.7 Å². The molecule has 1 N–H and O–H groups in total. The molecule has 160 valence electrons. The van der Waals surface area contributed by atoms with E-state index in [0.29, 0.717) is 35.8 Å². The van der Waals surface area contributed by atoms with Gasteiger partial charge in [-0.3, -0.25) is 9.69 Å². The summed E-state index contributed by atoms with van der Waals surface area (Å²) in [5, 5.41) is 3.16. The molecule has 2 aromatic rings. The highest BCUT2D eigenvalue weighted by atomic mass is 35.5. The Morgan fingerprint density at radius 1 is 1.30 bits per heavy atom. The van der Waals surface area contributed by atoms with Gasteiger partial charge in [-0.2, -0.15) is 0 Å². The molecule has 6 nitrogen and oxygen atoms in total. The van der Waals surface area contributed by atoms with Gasteiger partial charge in [0.2, 0.25) is 0 Å². The first-order chi connectivity index (χ1) is 14.4. The second kappa shape index (κ2) is 10.0. The van der Waals surface area contributed by atoms with Gasteiger partial charge in [0.1, 0.15) is 5.82 Å². The minimum atomic E-state index is -0.525. The molecule has 1 saturated heterocycles. The van der Waals surface area contributed by atoms with Gasteiger partial charge in [0.05, 0.1) is 31.4 Å². The van der Waals surface area contributed by atoms with Crippen LogP contribution >= 0.6 is 11.6 Å². The second-order valence-electron chi connectivity index (χ2n) is 7.11. The number of nitrogens with one attached hydrogen (secondary N) is 1. The Bertz CT molecular complexity index is 904. The molecule has 0 aromatic heterocycles. The zero-order valence-corrected chi connectivity index (χ0v) is 17.6. The van der Waals surface area contributed by atoms with Gasteiger partial charge in [0, 0.05) is 35.8 Å². The number of hydrogen-bond acceptors (Lipinski definition) is 5. The Morgan fingerprint density at radius 2 is 2.03 bits per heavy atom. The topological polar surface area (TPSA) is 67.9 Å². The molecule has 30 heavy (non-hydrogen) atoms. The number of morpholine rings is 1. The number of nitrogens with zero attached hydrogens (tertiary/aromatic N) is 1. The SMILES string of the molecule is COC(=O)c1cccc(C(=O)NCC(c2c(F)cccc2Cl)N2CCOC(C)C2)c1. The summed E-state index contributed by atoms with van der Waals surface area (Å²) in [6.45, 7) is 3.78. The van der Waals surface area contributed by atoms with Crippen LogP contribution in [0.2, 0.25) is 5.02 Å². The van der Waals surface area contributed by atoms with E-state index in [1.54, 1.807) is 30.3 Å². The Hall–Kier alpha value is -2.48. The van der Waals surface area contributed by atoms with E-state index in [9.17, 15) is 14.0 Å². The predicted molar refractivity (Wildman–Crippen MR) is 111 cm³/mol. The maximum Gasteiger partial charge on any atom is 0.337 e. The maximum atomic E-state index is 14.7. The quantitative estimate of drug-likeness (QED) is 0.705. The fourth-order valence-electron chi connectivity index (χ4n) is 3.57. The van der Waals surface area contributed by atoms with E-state index in [1.165, 1.54) is 19.2 Å². The minimum Gasteiger partial charge on any atom is -0.465 e. The molecule has 2 unspecified atom stereocenters. The normalized spacial score (nSPS) is 17.9. The number of amides is 1. The molecule has 1 aliphatic rings. The summed E-state index contributed by atoms with van der Waals surface area (Å²) in [5.74, 6) is -1.32. The lowest BCUT2D eigenvalue weighted by molar-refractivity contribution is -0.0346. The van der Waals surface area contributed by atoms with E-state index in [-0.39, 0.29) is 24.1 Å². The summed E-state index contributed by atoms with van der Waals surface area (Å²) in [6, 6.07) is 10.3. The Kier molecular flexibility index (Phi) is 7.42. The van der Waals surface area contributed by atoms with Crippen LogP contribution < -0.4 is 5.32 Å². The molecule has 1 aliphatic heterocycles. The van der Waals surface area contributed by atoms with Crippen LogP contribution in [-0.4, -0.2) is 56.2 Å². The van der Waals surface area contributed by atoms with Crippen molar-refractivity contribution in [1.29, 1.82) is 0 Å². The van der Waals surface area contributed by atoms with Crippen molar-refractivity contribution in [3.05, 3.63) is 70.0 Å². The van der Waals surface area contributed by atoms with E-state index in [1.807, 2.05) is 6.92 Å². The van der Waals surface area contributed by atoms with Crippen LogP contribution in [0, 0.1) is 5.82 Å². The van der Waals surface area contributed by atoms with Gasteiger partial charge in [-0.15, -0.1) is 0 Å². The average molecular weight is 435 g/mol. The summed E-state index contributed by atoms with van der Waals surface area (Å²) in [7, 11) is 1.28. The molecule has 0 aliphatic carbocycles. The van der Waals surface area contributed by atoms with Crippen molar-refractivity contribution in [2.24, 2.45) is 0 Å². The van der Waals surface area contributed by atoms with Gasteiger partial charge in [0.15, 0.2) is 0 Å². The number of carbonyl (C=O) groups is 2. The van der Waals surface area contributed by atoms with Gasteiger partial charge >= 0.3 is 5.97 Å². The van der Waals surface area contributed by atoms with Crippen molar-refractivity contribution in [3.8, 4) is 0 Å². The van der Waals surface area contributed by atoms with Crippen molar-refractivity contribution < 1.29 is 23.5 Å². The highest BCUT2D eigenvalue weighted by Crippen LogP contribution is 2.31. The van der Waals surface area contributed by atoms with Crippen LogP contribution in [0.5, 0.6) is 0 Å². The highest BCUT2D eigenvalue weighted by molar-refractivity contribution is 6.31. The molecule has 2 aromatic carbocycles. The van der Waals surface area contributed by atoms with Gasteiger partial charge in [-0.25, -0.2) is 9.18 Å². The van der Waals surface area contributed by atoms with E-state index in [2.05, 4.69) is 10.2 Å². The van der Waals surface area contributed by atoms with Crippen molar-refractivity contribution in [2.45, 2.75) is 19.1 Å². The first-order valence-corrected chi connectivity index (χ1v) is 10.0. The second-order valence-corrected chi connectivity index (χ2v) is 7.52. The molecule has 0 bridgehead atoms. The Labute approximate surface area is 179 Å². The fraction of sp³-hybridized carbons (Fsp3) is 0.364. The molecule has 0 radical (unpaired) electrons. The molecule has 1 amide bonds. The summed E-state index contributed by atoms with van der Waals surface area (Å²) in [5.41, 5.74) is 0.935. The zero-order valence-electron chi connectivity index (χ0n) is 16.9. The number of hydrogen-bond donors (Lipinski definition) is 1. The fourth-order valence-corrected chi connectivity index (χ4v) is 3.86. The summed E-state index contributed by atoms with van der Waals surface area (Å²) >= 11 is 6.32. The zero-order chi connectivity index (χ0) is 21.7. The standard InChI is InChI=1S/C22H24ClFN2O4/c1-14-13-26(9-10-30-14)19(20-17(23)7-4-8-18(20)24)12-25-21(27)15-5-3-6-16(11-15)22(28)29-2/h3-8,11,14,19H,9-10,12-13H2,1-2H3,(H,25,27). The third kappa shape index (κ3) is 5.16. The number of halogens is 2. The van der Waals surface area contributed by atoms with Crippen LogP contribution in [0.4, 0.5) is 4.39 Å². The molecule has 1 heterocycles. The van der Waals surface area contributed by atoms with Crippen molar-refractivity contribution in [2.75, 3.05) is 33.4 Å². The van der Waals surface area contributed by atoms with Crippen molar-refractivity contribution >= 4 is 23.5 Å². The van der Waals surface area contributed by atoms with Crippen LogP contribution in [0.25, 0.3) is 0 Å². The lowest BCUT2D eigenvalue weighted by atomic mass is 10.0. The Morgan fingerprint density at radius 3 is 2.73 bits per heavy atom. The lowest BCUT2D eigenvalue weighted by Crippen LogP contribution is -2.47. The third-order valence-electron chi connectivity index (χ3n) is 5.05. The molecular formula is C22H24ClFN2O4. The maximum absolute atomic E-state index is 14.7. The smallest absolute Gasteiger partial charge is 0.337 e. The first-order valence-electron chi connectivity index (χ1n) is 9.67. The highest BCUT2D eigenvalue weighted by Gasteiger charge is 2.29.